The Morgan fingerprint density at radius 1 is 1.21 bits per heavy atom. The molecule has 0 unspecified atom stereocenters. The van der Waals surface area contributed by atoms with E-state index >= 15 is 0 Å². The van der Waals surface area contributed by atoms with E-state index in [4.69, 9.17) is 4.74 Å². The fraction of sp³-hybridized carbons (Fsp3) is 0.250. The second kappa shape index (κ2) is 10.6. The highest BCUT2D eigenvalue weighted by Gasteiger charge is 2.28. The number of nitrogens with one attached hydrogen (secondary N) is 1. The summed E-state index contributed by atoms with van der Waals surface area (Å²) in [6, 6.07) is 15.3. The van der Waals surface area contributed by atoms with E-state index in [-0.39, 0.29) is 17.6 Å². The van der Waals surface area contributed by atoms with E-state index in [2.05, 4.69) is 16.4 Å². The number of pyridine rings is 1. The minimum atomic E-state index is -0.258. The maximum Gasteiger partial charge on any atom is 0.257 e. The van der Waals surface area contributed by atoms with E-state index in [1.165, 1.54) is 23.1 Å². The van der Waals surface area contributed by atoms with Crippen LogP contribution in [0.5, 0.6) is 0 Å². The van der Waals surface area contributed by atoms with Gasteiger partial charge in [0.25, 0.3) is 5.91 Å². The van der Waals surface area contributed by atoms with Gasteiger partial charge in [-0.05, 0) is 30.2 Å². The van der Waals surface area contributed by atoms with Crippen LogP contribution in [0.3, 0.4) is 0 Å². The van der Waals surface area contributed by atoms with Crippen molar-refractivity contribution in [3.8, 4) is 16.5 Å². The first-order valence-corrected chi connectivity index (χ1v) is 12.2. The molecular weight excluding hydrogens is 456 g/mol. The van der Waals surface area contributed by atoms with Crippen molar-refractivity contribution in [2.24, 2.45) is 0 Å². The van der Waals surface area contributed by atoms with Gasteiger partial charge >= 0.3 is 0 Å². The molecule has 1 aliphatic rings. The Balaban J connectivity index is 1.59. The lowest BCUT2D eigenvalue weighted by Gasteiger charge is -2.27. The maximum absolute atomic E-state index is 13.4. The predicted octanol–water partition coefficient (Wildman–Crippen LogP) is 4.19. The smallest absolute Gasteiger partial charge is 0.257 e. The summed E-state index contributed by atoms with van der Waals surface area (Å²) in [6.07, 6.45) is 1.59. The minimum Gasteiger partial charge on any atom is -0.378 e. The van der Waals surface area contributed by atoms with Crippen molar-refractivity contribution in [3.63, 3.8) is 0 Å². The first-order chi connectivity index (χ1) is 16.1. The third-order valence-corrected chi connectivity index (χ3v) is 7.44. The molecule has 1 aliphatic heterocycles. The summed E-state index contributed by atoms with van der Waals surface area (Å²) >= 11 is 2.60. The number of amides is 2. The molecular formula is C24H22N4O3S2. The van der Waals surface area contributed by atoms with Crippen molar-refractivity contribution in [2.45, 2.75) is 11.9 Å². The lowest BCUT2D eigenvalue weighted by molar-refractivity contribution is -0.113. The van der Waals surface area contributed by atoms with Gasteiger partial charge in [0.2, 0.25) is 5.91 Å². The number of nitrogens with zero attached hydrogens (tertiary/aromatic N) is 3. The quantitative estimate of drug-likeness (QED) is 0.534. The van der Waals surface area contributed by atoms with Crippen molar-refractivity contribution in [1.82, 2.24) is 9.88 Å². The summed E-state index contributed by atoms with van der Waals surface area (Å²) in [5.74, 6) is -0.283. The number of thiophene rings is 1. The Labute approximate surface area is 200 Å². The number of carbonyl (C=O) groups excluding carboxylic acids is 2. The molecule has 1 fully saturated rings. The van der Waals surface area contributed by atoms with Gasteiger partial charge in [0, 0.05) is 24.2 Å². The van der Waals surface area contributed by atoms with Crippen LogP contribution in [-0.4, -0.2) is 53.8 Å². The van der Waals surface area contributed by atoms with E-state index in [0.717, 1.165) is 16.0 Å². The predicted molar refractivity (Wildman–Crippen MR) is 130 cm³/mol. The summed E-state index contributed by atoms with van der Waals surface area (Å²) < 4.78 is 5.39. The molecule has 2 aromatic heterocycles. The molecule has 4 rings (SSSR count). The number of benzene rings is 1. The first-order valence-electron chi connectivity index (χ1n) is 10.4. The van der Waals surface area contributed by atoms with E-state index in [9.17, 15) is 14.9 Å². The molecule has 3 aromatic rings. The third-order valence-electron chi connectivity index (χ3n) is 5.18. The summed E-state index contributed by atoms with van der Waals surface area (Å²) in [7, 11) is 0. The fourth-order valence-corrected chi connectivity index (χ4v) is 5.50. The van der Waals surface area contributed by atoms with Gasteiger partial charge < -0.3 is 15.0 Å². The molecule has 168 valence electrons. The molecule has 0 spiro atoms. The van der Waals surface area contributed by atoms with Crippen LogP contribution < -0.4 is 5.32 Å². The first kappa shape index (κ1) is 23.0. The summed E-state index contributed by atoms with van der Waals surface area (Å²) in [6.45, 7) is 3.97. The van der Waals surface area contributed by atoms with Crippen LogP contribution in [0.25, 0.3) is 10.4 Å². The molecule has 0 aliphatic carbocycles. The van der Waals surface area contributed by atoms with E-state index in [1.807, 2.05) is 37.3 Å². The third kappa shape index (κ3) is 5.25. The van der Waals surface area contributed by atoms with Crippen molar-refractivity contribution >= 4 is 39.9 Å². The van der Waals surface area contributed by atoms with Gasteiger partial charge in [-0.15, -0.1) is 11.3 Å². The Morgan fingerprint density at radius 2 is 1.97 bits per heavy atom. The van der Waals surface area contributed by atoms with Crippen LogP contribution in [0.1, 0.15) is 21.5 Å². The largest absolute Gasteiger partial charge is 0.378 e. The molecule has 7 nitrogen and oxygen atoms in total. The number of hydrogen-bond acceptors (Lipinski definition) is 7. The van der Waals surface area contributed by atoms with Crippen LogP contribution >= 0.6 is 23.1 Å². The number of morpholine rings is 1. The summed E-state index contributed by atoms with van der Waals surface area (Å²) in [5.41, 5.74) is 2.80. The second-order valence-electron chi connectivity index (χ2n) is 7.34. The average Bonchev–Trinajstić information content (AvgIpc) is 3.18. The minimum absolute atomic E-state index is 0.0779. The topological polar surface area (TPSA) is 95.3 Å². The van der Waals surface area contributed by atoms with Gasteiger partial charge in [0.05, 0.1) is 30.1 Å². The van der Waals surface area contributed by atoms with Gasteiger partial charge in [0.15, 0.2) is 0 Å². The highest BCUT2D eigenvalue weighted by molar-refractivity contribution is 8.00. The second-order valence-corrected chi connectivity index (χ2v) is 9.32. The molecule has 1 N–H and O–H groups in total. The Hall–Kier alpha value is -3.19. The average molecular weight is 479 g/mol. The zero-order valence-corrected chi connectivity index (χ0v) is 19.7. The summed E-state index contributed by atoms with van der Waals surface area (Å²) in [5, 5.41) is 13.2. The van der Waals surface area contributed by atoms with Gasteiger partial charge in [0.1, 0.15) is 16.1 Å². The highest BCUT2D eigenvalue weighted by atomic mass is 32.2. The number of thioether (sulfide) groups is 1. The maximum atomic E-state index is 13.4. The van der Waals surface area contributed by atoms with Gasteiger partial charge in [-0.3, -0.25) is 9.59 Å². The number of carbonyl (C=O) groups is 2. The van der Waals surface area contributed by atoms with E-state index in [1.54, 1.807) is 23.2 Å². The monoisotopic (exact) mass is 478 g/mol. The molecule has 0 atom stereocenters. The highest BCUT2D eigenvalue weighted by Crippen LogP contribution is 2.40. The number of nitriles is 1. The Bertz CT molecular complexity index is 1200. The number of anilines is 1. The van der Waals surface area contributed by atoms with E-state index < -0.39 is 0 Å². The van der Waals surface area contributed by atoms with Crippen molar-refractivity contribution in [2.75, 3.05) is 37.4 Å². The molecule has 2 amide bonds. The SMILES string of the molecule is Cc1c(-c2ccccc2)sc(NC(=O)CSc2ncccc2C#N)c1C(=O)N1CCOCC1. The van der Waals surface area contributed by atoms with Crippen LogP contribution in [0.2, 0.25) is 0 Å². The van der Waals surface area contributed by atoms with Crippen molar-refractivity contribution < 1.29 is 14.3 Å². The lowest BCUT2D eigenvalue weighted by atomic mass is 10.1. The fourth-order valence-electron chi connectivity index (χ4n) is 3.54. The zero-order chi connectivity index (χ0) is 23.2. The van der Waals surface area contributed by atoms with Crippen molar-refractivity contribution in [3.05, 3.63) is 65.4 Å². The molecule has 0 saturated carbocycles. The molecule has 1 aromatic carbocycles. The van der Waals surface area contributed by atoms with Crippen molar-refractivity contribution in [1.29, 1.82) is 5.26 Å². The number of hydrogen-bond donors (Lipinski definition) is 1. The molecule has 0 bridgehead atoms. The molecule has 3 heterocycles. The lowest BCUT2D eigenvalue weighted by Crippen LogP contribution is -2.41. The van der Waals surface area contributed by atoms with Crippen LogP contribution in [0.4, 0.5) is 5.00 Å². The molecule has 0 radical (unpaired) electrons. The normalized spacial score (nSPS) is 13.4. The number of aromatic nitrogens is 1. The van der Waals surface area contributed by atoms with Gasteiger partial charge in [-0.1, -0.05) is 42.1 Å². The standard InChI is InChI=1S/C24H22N4O3S2/c1-16-20(24(30)28-10-12-31-13-11-28)23(33-21(16)17-6-3-2-4-7-17)27-19(29)15-32-22-18(14-25)8-5-9-26-22/h2-9H,10-13,15H2,1H3,(H,27,29). The number of rotatable bonds is 6. The molecule has 9 heteroatoms. The van der Waals surface area contributed by atoms with Gasteiger partial charge in [-0.2, -0.15) is 5.26 Å². The van der Waals surface area contributed by atoms with Crippen LogP contribution in [0.15, 0.2) is 53.7 Å². The number of ether oxygens (including phenoxy) is 1. The summed E-state index contributed by atoms with van der Waals surface area (Å²) in [4.78, 5) is 33.1. The Morgan fingerprint density at radius 3 is 2.70 bits per heavy atom. The van der Waals surface area contributed by atoms with Crippen LogP contribution in [-0.2, 0) is 9.53 Å². The zero-order valence-electron chi connectivity index (χ0n) is 18.0. The Kier molecular flexibility index (Phi) is 7.40. The van der Waals surface area contributed by atoms with E-state index in [0.29, 0.717) is 47.5 Å². The van der Waals surface area contributed by atoms with Crippen LogP contribution in [0, 0.1) is 18.3 Å². The molecule has 33 heavy (non-hydrogen) atoms. The van der Waals surface area contributed by atoms with Gasteiger partial charge in [-0.25, -0.2) is 4.98 Å². The molecule has 1 saturated heterocycles.